The Morgan fingerprint density at radius 1 is 1.24 bits per heavy atom. The molecule has 2 rings (SSSR count). The van der Waals surface area contributed by atoms with Crippen LogP contribution in [0.4, 0.5) is 5.69 Å². The number of amides is 1. The van der Waals surface area contributed by atoms with Gasteiger partial charge in [0.2, 0.25) is 10.0 Å². The van der Waals surface area contributed by atoms with Gasteiger partial charge in [-0.2, -0.15) is 11.3 Å². The second kappa shape index (κ2) is 5.94. The minimum atomic E-state index is -3.92. The number of nitrogens with one attached hydrogen (secondary N) is 1. The monoisotopic (exact) mass is 364 g/mol. The topological polar surface area (TPSA) is 89.3 Å². The molecule has 0 aliphatic rings. The van der Waals surface area contributed by atoms with Gasteiger partial charge in [-0.3, -0.25) is 4.79 Å². The molecule has 0 aliphatic carbocycles. The van der Waals surface area contributed by atoms with E-state index in [1.54, 1.807) is 12.3 Å². The summed E-state index contributed by atoms with van der Waals surface area (Å²) in [5, 5.41) is 11.1. The number of nitrogens with two attached hydrogens (primary N) is 1. The Labute approximate surface area is 135 Å². The van der Waals surface area contributed by atoms with E-state index in [0.29, 0.717) is 5.56 Å². The molecule has 0 aliphatic heterocycles. The van der Waals surface area contributed by atoms with Crippen LogP contribution >= 0.6 is 34.5 Å². The van der Waals surface area contributed by atoms with E-state index in [1.807, 2.05) is 5.38 Å². The lowest BCUT2D eigenvalue weighted by molar-refractivity contribution is 0.102. The van der Waals surface area contributed by atoms with E-state index in [9.17, 15) is 13.2 Å². The molecule has 1 aromatic carbocycles. The Bertz CT molecular complexity index is 793. The first kappa shape index (κ1) is 16.3. The lowest BCUT2D eigenvalue weighted by atomic mass is 10.2. The summed E-state index contributed by atoms with van der Waals surface area (Å²) in [6.45, 7) is 1.80. The molecule has 0 spiro atoms. The molecule has 0 radical (unpaired) electrons. The quantitative estimate of drug-likeness (QED) is 0.875. The second-order valence-corrected chi connectivity index (χ2v) is 7.35. The van der Waals surface area contributed by atoms with Gasteiger partial charge < -0.3 is 5.32 Å². The van der Waals surface area contributed by atoms with Crippen molar-refractivity contribution in [2.45, 2.75) is 11.8 Å². The SMILES string of the molecule is Cc1cscc1C(=O)Nc1c(Cl)cc(S(N)(=O)=O)cc1Cl. The first-order chi connectivity index (χ1) is 9.70. The molecule has 0 saturated heterocycles. The highest BCUT2D eigenvalue weighted by molar-refractivity contribution is 7.89. The molecule has 1 aromatic heterocycles. The van der Waals surface area contributed by atoms with Crippen LogP contribution in [0.5, 0.6) is 0 Å². The molecule has 112 valence electrons. The largest absolute Gasteiger partial charge is 0.319 e. The van der Waals surface area contributed by atoms with Crippen molar-refractivity contribution in [2.24, 2.45) is 5.14 Å². The van der Waals surface area contributed by atoms with Crippen LogP contribution in [-0.4, -0.2) is 14.3 Å². The number of benzene rings is 1. The number of halogens is 2. The Balaban J connectivity index is 2.38. The molecule has 2 aromatic rings. The summed E-state index contributed by atoms with van der Waals surface area (Å²) in [5.74, 6) is -0.374. The Morgan fingerprint density at radius 3 is 2.24 bits per heavy atom. The maximum Gasteiger partial charge on any atom is 0.256 e. The smallest absolute Gasteiger partial charge is 0.256 e. The maximum absolute atomic E-state index is 12.1. The van der Waals surface area contributed by atoms with E-state index in [-0.39, 0.29) is 26.5 Å². The number of hydrogen-bond acceptors (Lipinski definition) is 4. The summed E-state index contributed by atoms with van der Waals surface area (Å²) < 4.78 is 22.6. The Morgan fingerprint density at radius 2 is 1.81 bits per heavy atom. The van der Waals surface area contributed by atoms with Crippen molar-refractivity contribution in [3.8, 4) is 0 Å². The van der Waals surface area contributed by atoms with Gasteiger partial charge >= 0.3 is 0 Å². The van der Waals surface area contributed by atoms with Gasteiger partial charge in [0.15, 0.2) is 0 Å². The maximum atomic E-state index is 12.1. The van der Waals surface area contributed by atoms with Crippen molar-refractivity contribution >= 4 is 56.2 Å². The molecule has 3 N–H and O–H groups in total. The van der Waals surface area contributed by atoms with E-state index in [4.69, 9.17) is 28.3 Å². The van der Waals surface area contributed by atoms with Crippen LogP contribution < -0.4 is 10.5 Å². The Hall–Kier alpha value is -1.12. The van der Waals surface area contributed by atoms with Crippen molar-refractivity contribution < 1.29 is 13.2 Å². The van der Waals surface area contributed by atoms with E-state index in [0.717, 1.165) is 17.7 Å². The molecular formula is C12H10Cl2N2O3S2. The van der Waals surface area contributed by atoms with Gasteiger partial charge in [0.05, 0.1) is 26.2 Å². The predicted molar refractivity (Wildman–Crippen MR) is 84.8 cm³/mol. The third-order valence-corrected chi connectivity index (χ3v) is 5.03. The first-order valence-corrected chi connectivity index (χ1v) is 8.80. The number of thiophene rings is 1. The lowest BCUT2D eigenvalue weighted by Crippen LogP contribution is -2.15. The number of anilines is 1. The van der Waals surface area contributed by atoms with E-state index >= 15 is 0 Å². The first-order valence-electron chi connectivity index (χ1n) is 5.56. The zero-order valence-electron chi connectivity index (χ0n) is 10.7. The van der Waals surface area contributed by atoms with Gasteiger partial charge in [0.1, 0.15) is 0 Å². The average molecular weight is 365 g/mol. The van der Waals surface area contributed by atoms with Crippen LogP contribution in [0.15, 0.2) is 27.8 Å². The molecule has 1 heterocycles. The minimum Gasteiger partial charge on any atom is -0.319 e. The van der Waals surface area contributed by atoms with Gasteiger partial charge in [-0.25, -0.2) is 13.6 Å². The van der Waals surface area contributed by atoms with Gasteiger partial charge in [0.25, 0.3) is 5.91 Å². The molecule has 21 heavy (non-hydrogen) atoms. The van der Waals surface area contributed by atoms with Crippen LogP contribution in [0.2, 0.25) is 10.0 Å². The van der Waals surface area contributed by atoms with Crippen molar-refractivity contribution in [1.29, 1.82) is 0 Å². The highest BCUT2D eigenvalue weighted by atomic mass is 35.5. The van der Waals surface area contributed by atoms with Gasteiger partial charge in [-0.1, -0.05) is 23.2 Å². The second-order valence-electron chi connectivity index (χ2n) is 4.23. The normalized spacial score (nSPS) is 11.4. The number of carbonyl (C=O) groups is 1. The number of hydrogen-bond donors (Lipinski definition) is 2. The van der Waals surface area contributed by atoms with Crippen LogP contribution in [0, 0.1) is 6.92 Å². The highest BCUT2D eigenvalue weighted by Crippen LogP contribution is 2.33. The zero-order chi connectivity index (χ0) is 15.8. The number of carbonyl (C=O) groups excluding carboxylic acids is 1. The van der Waals surface area contributed by atoms with Crippen molar-refractivity contribution in [1.82, 2.24) is 0 Å². The lowest BCUT2D eigenvalue weighted by Gasteiger charge is -2.10. The van der Waals surface area contributed by atoms with E-state index in [1.165, 1.54) is 11.3 Å². The number of rotatable bonds is 3. The van der Waals surface area contributed by atoms with E-state index < -0.39 is 10.0 Å². The minimum absolute atomic E-state index is 0.00671. The fraction of sp³-hybridized carbons (Fsp3) is 0.0833. The van der Waals surface area contributed by atoms with E-state index in [2.05, 4.69) is 5.32 Å². The number of primary sulfonamides is 1. The molecule has 0 unspecified atom stereocenters. The third kappa shape index (κ3) is 3.56. The number of sulfonamides is 1. The van der Waals surface area contributed by atoms with Crippen molar-refractivity contribution in [2.75, 3.05) is 5.32 Å². The molecule has 0 saturated carbocycles. The molecule has 9 heteroatoms. The summed E-state index contributed by atoms with van der Waals surface area (Å²) in [6, 6.07) is 2.28. The molecule has 0 bridgehead atoms. The third-order valence-electron chi connectivity index (χ3n) is 2.68. The molecular weight excluding hydrogens is 355 g/mol. The Kier molecular flexibility index (Phi) is 4.60. The van der Waals surface area contributed by atoms with Gasteiger partial charge in [0, 0.05) is 5.38 Å². The molecule has 0 fully saturated rings. The summed E-state index contributed by atoms with van der Waals surface area (Å²) in [6.07, 6.45) is 0. The van der Waals surface area contributed by atoms with Crippen LogP contribution in [-0.2, 0) is 10.0 Å². The predicted octanol–water partition coefficient (Wildman–Crippen LogP) is 3.26. The zero-order valence-corrected chi connectivity index (χ0v) is 13.8. The number of aryl methyl sites for hydroxylation is 1. The van der Waals surface area contributed by atoms with Gasteiger partial charge in [-0.05, 0) is 30.0 Å². The fourth-order valence-corrected chi connectivity index (χ4v) is 3.71. The van der Waals surface area contributed by atoms with Crippen molar-refractivity contribution in [3.05, 3.63) is 44.1 Å². The summed E-state index contributed by atoms with van der Waals surface area (Å²) in [4.78, 5) is 11.9. The van der Waals surface area contributed by atoms with Crippen LogP contribution in [0.1, 0.15) is 15.9 Å². The molecule has 5 nitrogen and oxygen atoms in total. The molecule has 1 amide bonds. The summed E-state index contributed by atoms with van der Waals surface area (Å²) in [5.41, 5.74) is 1.47. The van der Waals surface area contributed by atoms with Crippen molar-refractivity contribution in [3.63, 3.8) is 0 Å². The highest BCUT2D eigenvalue weighted by Gasteiger charge is 2.18. The fourth-order valence-electron chi connectivity index (χ4n) is 1.61. The van der Waals surface area contributed by atoms with Crippen LogP contribution in [0.25, 0.3) is 0 Å². The van der Waals surface area contributed by atoms with Gasteiger partial charge in [-0.15, -0.1) is 0 Å². The summed E-state index contributed by atoms with van der Waals surface area (Å²) >= 11 is 13.3. The molecule has 0 atom stereocenters. The van der Waals surface area contributed by atoms with Crippen LogP contribution in [0.3, 0.4) is 0 Å². The summed E-state index contributed by atoms with van der Waals surface area (Å²) in [7, 11) is -3.92. The standard InChI is InChI=1S/C12H10Cl2N2O3S2/c1-6-4-20-5-8(6)12(17)16-11-9(13)2-7(3-10(11)14)21(15,18)19/h2-5H,1H3,(H,16,17)(H2,15,18,19). The average Bonchev–Trinajstić information content (AvgIpc) is 2.78.